The van der Waals surface area contributed by atoms with Crippen LogP contribution in [0.2, 0.25) is 0 Å². The Labute approximate surface area is 137 Å². The van der Waals surface area contributed by atoms with E-state index < -0.39 is 11.5 Å². The van der Waals surface area contributed by atoms with E-state index in [-0.39, 0.29) is 10.8 Å². The lowest BCUT2D eigenvalue weighted by molar-refractivity contribution is 0.0606. The number of para-hydroxylation sites is 1. The molecule has 2 aromatic rings. The summed E-state index contributed by atoms with van der Waals surface area (Å²) in [7, 11) is 1.27. The first-order valence-corrected chi connectivity index (χ1v) is 7.82. The molecule has 2 rings (SSSR count). The molecule has 0 amide bonds. The molecule has 0 fully saturated rings. The van der Waals surface area contributed by atoms with Crippen LogP contribution in [0.4, 0.5) is 5.69 Å². The number of aromatic nitrogens is 1. The molecule has 23 heavy (non-hydrogen) atoms. The molecule has 120 valence electrons. The molecule has 0 aliphatic carbocycles. The summed E-state index contributed by atoms with van der Waals surface area (Å²) < 4.78 is 5.86. The number of hydrogen-bond acceptors (Lipinski definition) is 6. The smallest absolute Gasteiger partial charge is 0.348 e. The molecule has 0 spiro atoms. The summed E-state index contributed by atoms with van der Waals surface area (Å²) in [5.41, 5.74) is 0.231. The van der Waals surface area contributed by atoms with E-state index in [1.165, 1.54) is 17.9 Å². The molecule has 1 aromatic carbocycles. The molecular formula is C16H17N3O3S. The fourth-order valence-electron chi connectivity index (χ4n) is 1.63. The molecule has 1 heterocycles. The lowest BCUT2D eigenvalue weighted by atomic mass is 10.3. The Hall–Kier alpha value is -2.54. The van der Waals surface area contributed by atoms with Crippen LogP contribution in [0.5, 0.6) is 0 Å². The van der Waals surface area contributed by atoms with Crippen molar-refractivity contribution in [1.29, 1.82) is 0 Å². The third-order valence-electron chi connectivity index (χ3n) is 2.69. The maximum Gasteiger partial charge on any atom is 0.348 e. The van der Waals surface area contributed by atoms with E-state index in [1.54, 1.807) is 18.3 Å². The van der Waals surface area contributed by atoms with E-state index >= 15 is 0 Å². The summed E-state index contributed by atoms with van der Waals surface area (Å²) in [5.74, 6) is -0.395. The van der Waals surface area contributed by atoms with Gasteiger partial charge in [-0.15, -0.1) is 0 Å². The maximum atomic E-state index is 12.3. The number of rotatable bonds is 4. The first-order valence-electron chi connectivity index (χ1n) is 7.01. The summed E-state index contributed by atoms with van der Waals surface area (Å²) >= 11 is 1.05. The Balaban J connectivity index is 2.68. The molecule has 0 aliphatic heterocycles. The third kappa shape index (κ3) is 4.46. The molecule has 0 aliphatic rings. The molecule has 0 N–H and O–H groups in total. The van der Waals surface area contributed by atoms with Crippen LogP contribution < -0.4 is 10.4 Å². The van der Waals surface area contributed by atoms with E-state index in [4.69, 9.17) is 0 Å². The highest BCUT2D eigenvalue weighted by Crippen LogP contribution is 2.09. The molecule has 1 aromatic heterocycles. The Morgan fingerprint density at radius 2 is 2.00 bits per heavy atom. The lowest BCUT2D eigenvalue weighted by Crippen LogP contribution is -2.29. The number of benzene rings is 1. The van der Waals surface area contributed by atoms with Crippen molar-refractivity contribution < 1.29 is 9.53 Å². The number of ether oxygens (including phenoxy) is 1. The summed E-state index contributed by atoms with van der Waals surface area (Å²) in [4.78, 5) is 28.9. The average molecular weight is 331 g/mol. The van der Waals surface area contributed by atoms with Crippen LogP contribution in [-0.2, 0) is 4.74 Å². The molecule has 0 saturated carbocycles. The van der Waals surface area contributed by atoms with E-state index in [2.05, 4.69) is 14.8 Å². The Morgan fingerprint density at radius 1 is 1.30 bits per heavy atom. The van der Waals surface area contributed by atoms with Gasteiger partial charge in [-0.1, -0.05) is 43.4 Å². The summed E-state index contributed by atoms with van der Waals surface area (Å²) in [6.45, 7) is 3.91. The number of nitrogens with zero attached hydrogens (tertiary/aromatic N) is 3. The number of methoxy groups -OCH3 is 1. The van der Waals surface area contributed by atoms with Crippen molar-refractivity contribution in [2.24, 2.45) is 16.0 Å². The number of esters is 1. The Morgan fingerprint density at radius 3 is 2.61 bits per heavy atom. The zero-order valence-electron chi connectivity index (χ0n) is 13.1. The Bertz CT molecular complexity index is 836. The molecule has 0 unspecified atom stereocenters. The zero-order valence-corrected chi connectivity index (χ0v) is 13.9. The van der Waals surface area contributed by atoms with Crippen molar-refractivity contribution >= 4 is 29.2 Å². The van der Waals surface area contributed by atoms with Gasteiger partial charge in [-0.3, -0.25) is 4.79 Å². The molecule has 0 atom stereocenters. The molecule has 7 heteroatoms. The molecule has 0 radical (unpaired) electrons. The second-order valence-electron chi connectivity index (χ2n) is 4.99. The standard InChI is InChI=1S/C16H17N3O3S/c1-11(2)10-17-19-14(20)9-13(15(21)22-3)23-16(19)18-12-7-5-4-6-8-12/h4-11H,1-3H3/b17-10+,18-16?. The van der Waals surface area contributed by atoms with Crippen molar-refractivity contribution in [1.82, 2.24) is 4.68 Å². The van der Waals surface area contributed by atoms with Gasteiger partial charge in [0.2, 0.25) is 4.80 Å². The van der Waals surface area contributed by atoms with Crippen LogP contribution in [-0.4, -0.2) is 24.0 Å². The third-order valence-corrected chi connectivity index (χ3v) is 3.64. The summed E-state index contributed by atoms with van der Waals surface area (Å²) in [5, 5.41) is 4.17. The molecule has 6 nitrogen and oxygen atoms in total. The predicted octanol–water partition coefficient (Wildman–Crippen LogP) is 2.42. The van der Waals surface area contributed by atoms with Crippen molar-refractivity contribution in [3.63, 3.8) is 0 Å². The fourth-order valence-corrected chi connectivity index (χ4v) is 2.53. The zero-order chi connectivity index (χ0) is 16.8. The van der Waals surface area contributed by atoms with Crippen LogP contribution in [0.1, 0.15) is 23.5 Å². The Kier molecular flexibility index (Phi) is 5.59. The minimum Gasteiger partial charge on any atom is -0.465 e. The minimum absolute atomic E-state index is 0.178. The first kappa shape index (κ1) is 16.8. The van der Waals surface area contributed by atoms with Gasteiger partial charge in [0.15, 0.2) is 0 Å². The maximum absolute atomic E-state index is 12.3. The first-order chi connectivity index (χ1) is 11.0. The highest BCUT2D eigenvalue weighted by atomic mass is 32.1. The van der Waals surface area contributed by atoms with E-state index in [1.807, 2.05) is 32.0 Å². The van der Waals surface area contributed by atoms with Crippen LogP contribution in [0.25, 0.3) is 0 Å². The second kappa shape index (κ2) is 7.64. The summed E-state index contributed by atoms with van der Waals surface area (Å²) in [6.07, 6.45) is 1.65. The second-order valence-corrected chi connectivity index (χ2v) is 6.00. The van der Waals surface area contributed by atoms with Gasteiger partial charge < -0.3 is 4.74 Å². The van der Waals surface area contributed by atoms with Crippen LogP contribution in [0.15, 0.2) is 51.3 Å². The van der Waals surface area contributed by atoms with Gasteiger partial charge in [0.25, 0.3) is 5.56 Å². The van der Waals surface area contributed by atoms with E-state index in [0.29, 0.717) is 10.5 Å². The van der Waals surface area contributed by atoms with Gasteiger partial charge in [0, 0.05) is 12.3 Å². The van der Waals surface area contributed by atoms with Crippen molar-refractivity contribution in [2.75, 3.05) is 7.11 Å². The van der Waals surface area contributed by atoms with Gasteiger partial charge in [0.1, 0.15) is 4.88 Å². The minimum atomic E-state index is -0.573. The quantitative estimate of drug-likeness (QED) is 0.638. The summed E-state index contributed by atoms with van der Waals surface area (Å²) in [6, 6.07) is 10.4. The molecule has 0 bridgehead atoms. The number of carbonyl (C=O) groups excluding carboxylic acids is 1. The van der Waals surface area contributed by atoms with Crippen molar-refractivity contribution in [3.05, 3.63) is 56.4 Å². The van der Waals surface area contributed by atoms with Gasteiger partial charge >= 0.3 is 5.97 Å². The highest BCUT2D eigenvalue weighted by Gasteiger charge is 2.11. The molecule has 0 saturated heterocycles. The largest absolute Gasteiger partial charge is 0.465 e. The predicted molar refractivity (Wildman–Crippen MR) is 90.3 cm³/mol. The van der Waals surface area contributed by atoms with Crippen molar-refractivity contribution in [2.45, 2.75) is 13.8 Å². The van der Waals surface area contributed by atoms with Crippen LogP contribution in [0, 0.1) is 5.92 Å². The molecular weight excluding hydrogens is 314 g/mol. The number of carbonyl (C=O) groups is 1. The normalized spacial score (nSPS) is 12.1. The van der Waals surface area contributed by atoms with Crippen LogP contribution >= 0.6 is 11.3 Å². The lowest BCUT2D eigenvalue weighted by Gasteiger charge is -2.03. The number of hydrogen-bond donors (Lipinski definition) is 0. The van der Waals surface area contributed by atoms with Crippen LogP contribution in [0.3, 0.4) is 0 Å². The highest BCUT2D eigenvalue weighted by molar-refractivity contribution is 7.11. The van der Waals surface area contributed by atoms with Crippen molar-refractivity contribution in [3.8, 4) is 0 Å². The van der Waals surface area contributed by atoms with E-state index in [9.17, 15) is 9.59 Å². The van der Waals surface area contributed by atoms with Gasteiger partial charge in [-0.05, 0) is 18.1 Å². The topological polar surface area (TPSA) is 73.0 Å². The SMILES string of the molecule is COC(=O)c1cc(=O)n(/N=C/C(C)C)c(=Nc2ccccc2)s1. The monoisotopic (exact) mass is 331 g/mol. The van der Waals surface area contributed by atoms with Gasteiger partial charge in [-0.25, -0.2) is 9.79 Å². The van der Waals surface area contributed by atoms with E-state index in [0.717, 1.165) is 11.3 Å². The average Bonchev–Trinajstić information content (AvgIpc) is 2.53. The fraction of sp³-hybridized carbons (Fsp3) is 0.250. The van der Waals surface area contributed by atoms with Gasteiger partial charge in [-0.2, -0.15) is 9.78 Å². The van der Waals surface area contributed by atoms with Gasteiger partial charge in [0.05, 0.1) is 12.8 Å².